The number of hydrogen-bond acceptors (Lipinski definition) is 1. The van der Waals surface area contributed by atoms with E-state index < -0.39 is 0 Å². The Kier molecular flexibility index (Phi) is 3.53. The highest BCUT2D eigenvalue weighted by atomic mass is 16.3. The van der Waals surface area contributed by atoms with Gasteiger partial charge < -0.3 is 5.11 Å². The molecule has 0 heterocycles. The van der Waals surface area contributed by atoms with Crippen LogP contribution >= 0.6 is 0 Å². The smallest absolute Gasteiger partial charge is 0.0743 e. The lowest BCUT2D eigenvalue weighted by Gasteiger charge is -2.10. The zero-order chi connectivity index (χ0) is 6.57. The average molecular weight is 114 g/mol. The van der Waals surface area contributed by atoms with Gasteiger partial charge >= 0.3 is 0 Å². The molecule has 0 aromatic carbocycles. The first-order chi connectivity index (χ1) is 3.72. The van der Waals surface area contributed by atoms with Crippen molar-refractivity contribution in [2.24, 2.45) is 5.92 Å². The molecule has 0 saturated heterocycles. The van der Waals surface area contributed by atoms with Gasteiger partial charge in [0.05, 0.1) is 6.10 Å². The summed E-state index contributed by atoms with van der Waals surface area (Å²) in [5.41, 5.74) is 0. The Balaban J connectivity index is 3.44. The van der Waals surface area contributed by atoms with Crippen molar-refractivity contribution < 1.29 is 5.11 Å². The summed E-state index contributed by atoms with van der Waals surface area (Å²) in [6, 6.07) is 0. The van der Waals surface area contributed by atoms with Crippen LogP contribution in [0.1, 0.15) is 20.3 Å². The summed E-state index contributed by atoms with van der Waals surface area (Å²) in [7, 11) is 0. The molecule has 0 bridgehead atoms. The fourth-order valence-corrected chi connectivity index (χ4v) is 0.474. The minimum atomic E-state index is -0.319. The van der Waals surface area contributed by atoms with E-state index in [4.69, 9.17) is 5.11 Å². The standard InChI is InChI=1S/C7H14O/c1-4-6(3)7(8)5-2/h5-8H,2,4H2,1,3H3. The van der Waals surface area contributed by atoms with Crippen LogP contribution in [-0.2, 0) is 0 Å². The van der Waals surface area contributed by atoms with Crippen molar-refractivity contribution in [3.63, 3.8) is 0 Å². The highest BCUT2D eigenvalue weighted by Crippen LogP contribution is 2.06. The maximum absolute atomic E-state index is 9.01. The third kappa shape index (κ3) is 2.12. The van der Waals surface area contributed by atoms with Crippen molar-refractivity contribution in [2.75, 3.05) is 0 Å². The quantitative estimate of drug-likeness (QED) is 0.552. The molecule has 1 nitrogen and oxygen atoms in total. The minimum Gasteiger partial charge on any atom is -0.389 e. The van der Waals surface area contributed by atoms with Crippen LogP contribution in [0.5, 0.6) is 0 Å². The van der Waals surface area contributed by atoms with Crippen molar-refractivity contribution in [3.05, 3.63) is 12.7 Å². The number of aliphatic hydroxyl groups excluding tert-OH is 1. The van der Waals surface area contributed by atoms with Gasteiger partial charge in [-0.15, -0.1) is 6.58 Å². The highest BCUT2D eigenvalue weighted by Gasteiger charge is 2.05. The van der Waals surface area contributed by atoms with Gasteiger partial charge in [-0.05, 0) is 5.92 Å². The first kappa shape index (κ1) is 7.70. The van der Waals surface area contributed by atoms with Gasteiger partial charge in [0, 0.05) is 0 Å². The molecular weight excluding hydrogens is 100 g/mol. The van der Waals surface area contributed by atoms with Gasteiger partial charge in [0.15, 0.2) is 0 Å². The third-order valence-corrected chi connectivity index (χ3v) is 1.47. The van der Waals surface area contributed by atoms with Crippen LogP contribution in [0.2, 0.25) is 0 Å². The van der Waals surface area contributed by atoms with Crippen LogP contribution in [0, 0.1) is 5.92 Å². The second-order valence-electron chi connectivity index (χ2n) is 2.11. The SMILES string of the molecule is C=CC(O)C(C)CC. The van der Waals surface area contributed by atoms with E-state index in [1.165, 1.54) is 0 Å². The molecule has 0 amide bonds. The molecule has 0 rings (SSSR count). The van der Waals surface area contributed by atoms with Gasteiger partial charge in [0.1, 0.15) is 0 Å². The number of aliphatic hydroxyl groups is 1. The highest BCUT2D eigenvalue weighted by molar-refractivity contribution is 4.81. The molecule has 0 saturated carbocycles. The normalized spacial score (nSPS) is 17.4. The maximum atomic E-state index is 9.01. The predicted molar refractivity (Wildman–Crippen MR) is 35.7 cm³/mol. The molecule has 0 aromatic heterocycles. The van der Waals surface area contributed by atoms with E-state index in [1.807, 2.05) is 6.92 Å². The molecular formula is C7H14O. The van der Waals surface area contributed by atoms with E-state index in [1.54, 1.807) is 6.08 Å². The molecule has 0 aliphatic heterocycles. The lowest BCUT2D eigenvalue weighted by molar-refractivity contribution is 0.160. The molecule has 0 aliphatic rings. The zero-order valence-corrected chi connectivity index (χ0v) is 5.59. The molecule has 0 spiro atoms. The minimum absolute atomic E-state index is 0.319. The molecule has 0 fully saturated rings. The monoisotopic (exact) mass is 114 g/mol. The number of hydrogen-bond donors (Lipinski definition) is 1. The van der Waals surface area contributed by atoms with E-state index in [0.29, 0.717) is 5.92 Å². The predicted octanol–water partition coefficient (Wildman–Crippen LogP) is 1.58. The Morgan fingerprint density at radius 3 is 2.38 bits per heavy atom. The largest absolute Gasteiger partial charge is 0.389 e. The average Bonchev–Trinajstić information content (AvgIpc) is 1.84. The van der Waals surface area contributed by atoms with Gasteiger partial charge in [-0.3, -0.25) is 0 Å². The Hall–Kier alpha value is -0.300. The zero-order valence-electron chi connectivity index (χ0n) is 5.59. The lowest BCUT2D eigenvalue weighted by atomic mass is 10.0. The van der Waals surface area contributed by atoms with E-state index >= 15 is 0 Å². The fraction of sp³-hybridized carbons (Fsp3) is 0.714. The lowest BCUT2D eigenvalue weighted by Crippen LogP contribution is -2.12. The van der Waals surface area contributed by atoms with Crippen LogP contribution in [0.15, 0.2) is 12.7 Å². The molecule has 2 unspecified atom stereocenters. The van der Waals surface area contributed by atoms with Crippen molar-refractivity contribution in [1.82, 2.24) is 0 Å². The van der Waals surface area contributed by atoms with Gasteiger partial charge in [-0.2, -0.15) is 0 Å². The molecule has 48 valence electrons. The van der Waals surface area contributed by atoms with Crippen molar-refractivity contribution in [3.8, 4) is 0 Å². The number of rotatable bonds is 3. The van der Waals surface area contributed by atoms with Gasteiger partial charge in [-0.1, -0.05) is 26.3 Å². The van der Waals surface area contributed by atoms with Crippen LogP contribution in [0.4, 0.5) is 0 Å². The Morgan fingerprint density at radius 1 is 1.75 bits per heavy atom. The summed E-state index contributed by atoms with van der Waals surface area (Å²) in [5, 5.41) is 9.01. The Labute approximate surface area is 51.0 Å². The van der Waals surface area contributed by atoms with Gasteiger partial charge in [0.2, 0.25) is 0 Å². The van der Waals surface area contributed by atoms with Crippen LogP contribution in [-0.4, -0.2) is 11.2 Å². The van der Waals surface area contributed by atoms with E-state index in [2.05, 4.69) is 13.5 Å². The fourth-order valence-electron chi connectivity index (χ4n) is 0.474. The molecule has 0 radical (unpaired) electrons. The second kappa shape index (κ2) is 3.67. The van der Waals surface area contributed by atoms with Crippen molar-refractivity contribution >= 4 is 0 Å². The topological polar surface area (TPSA) is 20.2 Å². The first-order valence-corrected chi connectivity index (χ1v) is 3.03. The third-order valence-electron chi connectivity index (χ3n) is 1.47. The summed E-state index contributed by atoms with van der Waals surface area (Å²) in [5.74, 6) is 0.354. The van der Waals surface area contributed by atoms with Gasteiger partial charge in [0.25, 0.3) is 0 Å². The summed E-state index contributed by atoms with van der Waals surface area (Å²) in [4.78, 5) is 0. The molecule has 1 N–H and O–H groups in total. The summed E-state index contributed by atoms with van der Waals surface area (Å²) in [6.07, 6.45) is 2.27. The summed E-state index contributed by atoms with van der Waals surface area (Å²) >= 11 is 0. The summed E-state index contributed by atoms with van der Waals surface area (Å²) in [6.45, 7) is 7.54. The van der Waals surface area contributed by atoms with Gasteiger partial charge in [-0.25, -0.2) is 0 Å². The molecule has 8 heavy (non-hydrogen) atoms. The second-order valence-corrected chi connectivity index (χ2v) is 2.11. The molecule has 2 atom stereocenters. The van der Waals surface area contributed by atoms with Crippen LogP contribution < -0.4 is 0 Å². The maximum Gasteiger partial charge on any atom is 0.0743 e. The van der Waals surface area contributed by atoms with Crippen molar-refractivity contribution in [1.29, 1.82) is 0 Å². The molecule has 0 aromatic rings. The van der Waals surface area contributed by atoms with Crippen LogP contribution in [0.25, 0.3) is 0 Å². The van der Waals surface area contributed by atoms with E-state index in [9.17, 15) is 0 Å². The Bertz CT molecular complexity index is 68.8. The van der Waals surface area contributed by atoms with E-state index in [0.717, 1.165) is 6.42 Å². The molecule has 0 aliphatic carbocycles. The van der Waals surface area contributed by atoms with E-state index in [-0.39, 0.29) is 6.10 Å². The van der Waals surface area contributed by atoms with Crippen molar-refractivity contribution in [2.45, 2.75) is 26.4 Å². The van der Waals surface area contributed by atoms with Crippen LogP contribution in [0.3, 0.4) is 0 Å². The summed E-state index contributed by atoms with van der Waals surface area (Å²) < 4.78 is 0. The molecule has 1 heteroatoms. The first-order valence-electron chi connectivity index (χ1n) is 3.03. The Morgan fingerprint density at radius 2 is 2.25 bits per heavy atom.